The number of hydrogen-bond donors (Lipinski definition) is 2. The van der Waals surface area contributed by atoms with Crippen LogP contribution in [0.15, 0.2) is 36.4 Å². The Bertz CT molecular complexity index is 890. The molecule has 0 saturated heterocycles. The minimum Gasteiger partial charge on any atom is -0.350 e. The summed E-state index contributed by atoms with van der Waals surface area (Å²) in [5.74, 6) is -0.0830. The molecule has 118 valence electrons. The highest BCUT2D eigenvalue weighted by atomic mass is 16.1. The third kappa shape index (κ3) is 2.74. The van der Waals surface area contributed by atoms with Gasteiger partial charge in [0.05, 0.1) is 0 Å². The first kappa shape index (κ1) is 15.3. The fourth-order valence-corrected chi connectivity index (χ4v) is 3.05. The highest BCUT2D eigenvalue weighted by Gasteiger charge is 2.16. The minimum absolute atomic E-state index is 0.0830. The molecule has 0 spiro atoms. The number of carbonyl (C=O) groups excluding carboxylic acids is 1. The second kappa shape index (κ2) is 5.92. The Morgan fingerprint density at radius 3 is 2.65 bits per heavy atom. The van der Waals surface area contributed by atoms with Crippen LogP contribution < -0.4 is 5.32 Å². The lowest BCUT2D eigenvalue weighted by atomic mass is 10.1. The maximum atomic E-state index is 12.8. The summed E-state index contributed by atoms with van der Waals surface area (Å²) in [5, 5.41) is 4.20. The van der Waals surface area contributed by atoms with E-state index in [1.54, 1.807) is 0 Å². The van der Waals surface area contributed by atoms with Gasteiger partial charge in [-0.05, 0) is 56.0 Å². The molecule has 3 aromatic rings. The summed E-state index contributed by atoms with van der Waals surface area (Å²) in [7, 11) is 0. The third-order valence-corrected chi connectivity index (χ3v) is 4.42. The van der Waals surface area contributed by atoms with Crippen LogP contribution in [0.5, 0.6) is 0 Å². The molecular formula is C20H22N2O. The molecule has 0 atom stereocenters. The normalized spacial score (nSPS) is 11.0. The van der Waals surface area contributed by atoms with Gasteiger partial charge in [0.25, 0.3) is 5.91 Å². The lowest BCUT2D eigenvalue weighted by Gasteiger charge is -2.12. The van der Waals surface area contributed by atoms with Crippen molar-refractivity contribution >= 4 is 22.5 Å². The van der Waals surface area contributed by atoms with Gasteiger partial charge in [0, 0.05) is 16.6 Å². The molecule has 0 aliphatic rings. The van der Waals surface area contributed by atoms with Gasteiger partial charge in [0.2, 0.25) is 0 Å². The molecule has 1 heterocycles. The summed E-state index contributed by atoms with van der Waals surface area (Å²) in [6.45, 7) is 8.18. The Kier molecular flexibility index (Phi) is 3.95. The second-order valence-corrected chi connectivity index (χ2v) is 6.09. The first-order valence-electron chi connectivity index (χ1n) is 8.00. The quantitative estimate of drug-likeness (QED) is 0.709. The molecule has 0 saturated carbocycles. The SMILES string of the molecule is CCc1cccc(C)c1NC(=O)c1[nH]c2ccc(C)cc2c1C. The van der Waals surface area contributed by atoms with Crippen molar-refractivity contribution in [3.63, 3.8) is 0 Å². The predicted octanol–water partition coefficient (Wildman–Crippen LogP) is 4.91. The van der Waals surface area contributed by atoms with Crippen LogP contribution in [0.1, 0.15) is 39.7 Å². The van der Waals surface area contributed by atoms with Crippen molar-refractivity contribution in [1.29, 1.82) is 0 Å². The molecule has 0 fully saturated rings. The number of aromatic nitrogens is 1. The molecule has 3 nitrogen and oxygen atoms in total. The van der Waals surface area contributed by atoms with Gasteiger partial charge in [0.15, 0.2) is 0 Å². The molecule has 1 aromatic heterocycles. The van der Waals surface area contributed by atoms with Crippen molar-refractivity contribution in [2.75, 3.05) is 5.32 Å². The minimum atomic E-state index is -0.0830. The van der Waals surface area contributed by atoms with Crippen molar-refractivity contribution < 1.29 is 4.79 Å². The predicted molar refractivity (Wildman–Crippen MR) is 96.3 cm³/mol. The molecule has 0 bridgehead atoms. The van der Waals surface area contributed by atoms with E-state index in [0.717, 1.165) is 39.7 Å². The molecule has 0 aliphatic carbocycles. The molecule has 1 amide bonds. The molecular weight excluding hydrogens is 284 g/mol. The average molecular weight is 306 g/mol. The van der Waals surface area contributed by atoms with E-state index >= 15 is 0 Å². The number of H-pyrrole nitrogens is 1. The van der Waals surface area contributed by atoms with Gasteiger partial charge in [-0.15, -0.1) is 0 Å². The van der Waals surface area contributed by atoms with Gasteiger partial charge in [-0.2, -0.15) is 0 Å². The maximum absolute atomic E-state index is 12.8. The van der Waals surface area contributed by atoms with E-state index in [9.17, 15) is 4.79 Å². The number of aryl methyl sites for hydroxylation is 4. The van der Waals surface area contributed by atoms with Gasteiger partial charge >= 0.3 is 0 Å². The number of fused-ring (bicyclic) bond motifs is 1. The van der Waals surface area contributed by atoms with Crippen LogP contribution in [0, 0.1) is 20.8 Å². The summed E-state index contributed by atoms with van der Waals surface area (Å²) >= 11 is 0. The molecule has 3 heteroatoms. The summed E-state index contributed by atoms with van der Waals surface area (Å²) in [4.78, 5) is 16.0. The van der Waals surface area contributed by atoms with E-state index in [-0.39, 0.29) is 5.91 Å². The Balaban J connectivity index is 2.00. The molecule has 2 aromatic carbocycles. The van der Waals surface area contributed by atoms with Crippen LogP contribution >= 0.6 is 0 Å². The highest BCUT2D eigenvalue weighted by Crippen LogP contribution is 2.26. The summed E-state index contributed by atoms with van der Waals surface area (Å²) in [5.41, 5.74) is 6.99. The van der Waals surface area contributed by atoms with E-state index in [2.05, 4.69) is 42.3 Å². The number of carbonyl (C=O) groups is 1. The van der Waals surface area contributed by atoms with Gasteiger partial charge < -0.3 is 10.3 Å². The Hall–Kier alpha value is -2.55. The van der Waals surface area contributed by atoms with E-state index < -0.39 is 0 Å². The number of aromatic amines is 1. The van der Waals surface area contributed by atoms with E-state index in [0.29, 0.717) is 5.69 Å². The van der Waals surface area contributed by atoms with E-state index in [1.165, 1.54) is 5.56 Å². The van der Waals surface area contributed by atoms with Gasteiger partial charge in [0.1, 0.15) is 5.69 Å². The van der Waals surface area contributed by atoms with Crippen LogP contribution in [-0.4, -0.2) is 10.9 Å². The smallest absolute Gasteiger partial charge is 0.272 e. The lowest BCUT2D eigenvalue weighted by molar-refractivity contribution is 0.102. The van der Waals surface area contributed by atoms with Gasteiger partial charge in [-0.25, -0.2) is 0 Å². The molecule has 0 aliphatic heterocycles. The maximum Gasteiger partial charge on any atom is 0.272 e. The summed E-state index contributed by atoms with van der Waals surface area (Å²) in [6.07, 6.45) is 0.891. The zero-order valence-corrected chi connectivity index (χ0v) is 14.1. The fourth-order valence-electron chi connectivity index (χ4n) is 3.05. The number of anilines is 1. The summed E-state index contributed by atoms with van der Waals surface area (Å²) < 4.78 is 0. The van der Waals surface area contributed by atoms with Crippen molar-refractivity contribution in [3.05, 3.63) is 64.3 Å². The first-order chi connectivity index (χ1) is 11.0. The molecule has 2 N–H and O–H groups in total. The Labute approximate surface area is 136 Å². The number of nitrogens with one attached hydrogen (secondary N) is 2. The number of para-hydroxylation sites is 1. The van der Waals surface area contributed by atoms with Gasteiger partial charge in [-0.1, -0.05) is 36.8 Å². The van der Waals surface area contributed by atoms with Crippen LogP contribution in [0.4, 0.5) is 5.69 Å². The Morgan fingerprint density at radius 2 is 1.91 bits per heavy atom. The van der Waals surface area contributed by atoms with Crippen LogP contribution in [0.3, 0.4) is 0 Å². The van der Waals surface area contributed by atoms with Crippen LogP contribution in [0.2, 0.25) is 0 Å². The van der Waals surface area contributed by atoms with Crippen molar-refractivity contribution in [2.45, 2.75) is 34.1 Å². The number of amides is 1. The largest absolute Gasteiger partial charge is 0.350 e. The number of benzene rings is 2. The summed E-state index contributed by atoms with van der Waals surface area (Å²) in [6, 6.07) is 12.3. The highest BCUT2D eigenvalue weighted by molar-refractivity contribution is 6.08. The molecule has 3 rings (SSSR count). The van der Waals surface area contributed by atoms with Crippen LogP contribution in [-0.2, 0) is 6.42 Å². The number of hydrogen-bond acceptors (Lipinski definition) is 1. The third-order valence-electron chi connectivity index (χ3n) is 4.42. The van der Waals surface area contributed by atoms with Crippen LogP contribution in [0.25, 0.3) is 10.9 Å². The molecule has 0 unspecified atom stereocenters. The lowest BCUT2D eigenvalue weighted by Crippen LogP contribution is -2.15. The topological polar surface area (TPSA) is 44.9 Å². The first-order valence-corrected chi connectivity index (χ1v) is 8.00. The standard InChI is InChI=1S/C20H22N2O/c1-5-15-8-6-7-13(3)18(15)22-20(23)19-14(4)16-11-12(2)9-10-17(16)21-19/h6-11,21H,5H2,1-4H3,(H,22,23). The molecule has 0 radical (unpaired) electrons. The van der Waals surface area contributed by atoms with E-state index in [4.69, 9.17) is 0 Å². The molecule has 23 heavy (non-hydrogen) atoms. The number of rotatable bonds is 3. The van der Waals surface area contributed by atoms with E-state index in [1.807, 2.05) is 32.0 Å². The second-order valence-electron chi connectivity index (χ2n) is 6.09. The zero-order valence-electron chi connectivity index (χ0n) is 14.1. The van der Waals surface area contributed by atoms with Crippen molar-refractivity contribution in [2.24, 2.45) is 0 Å². The van der Waals surface area contributed by atoms with Crippen molar-refractivity contribution in [1.82, 2.24) is 4.98 Å². The monoisotopic (exact) mass is 306 g/mol. The Morgan fingerprint density at radius 1 is 1.13 bits per heavy atom. The fraction of sp³-hybridized carbons (Fsp3) is 0.250. The zero-order chi connectivity index (χ0) is 16.6. The van der Waals surface area contributed by atoms with Gasteiger partial charge in [-0.3, -0.25) is 4.79 Å². The average Bonchev–Trinajstić information content (AvgIpc) is 2.86. The van der Waals surface area contributed by atoms with Crippen molar-refractivity contribution in [3.8, 4) is 0 Å².